The van der Waals surface area contributed by atoms with Crippen molar-refractivity contribution < 1.29 is 9.90 Å². The second-order valence-corrected chi connectivity index (χ2v) is 3.39. The van der Waals surface area contributed by atoms with Gasteiger partial charge in [-0.25, -0.2) is 0 Å². The SMILES string of the molecule is CC[C@@H](CO)NC(=O)Cc1ccncc1. The summed E-state index contributed by atoms with van der Waals surface area (Å²) in [6.45, 7) is 1.91. The van der Waals surface area contributed by atoms with Gasteiger partial charge in [0.1, 0.15) is 0 Å². The molecule has 0 bridgehead atoms. The van der Waals surface area contributed by atoms with Gasteiger partial charge in [-0.3, -0.25) is 9.78 Å². The molecule has 15 heavy (non-hydrogen) atoms. The van der Waals surface area contributed by atoms with Crippen molar-refractivity contribution in [3.63, 3.8) is 0 Å². The number of carbonyl (C=O) groups is 1. The number of rotatable bonds is 5. The molecule has 1 aromatic rings. The first kappa shape index (κ1) is 11.7. The normalized spacial score (nSPS) is 12.1. The van der Waals surface area contributed by atoms with Crippen molar-refractivity contribution in [2.75, 3.05) is 6.61 Å². The quantitative estimate of drug-likeness (QED) is 0.741. The van der Waals surface area contributed by atoms with E-state index in [1.165, 1.54) is 0 Å². The van der Waals surface area contributed by atoms with Crippen LogP contribution in [0.4, 0.5) is 0 Å². The molecule has 1 aromatic heterocycles. The van der Waals surface area contributed by atoms with Crippen molar-refractivity contribution in [3.05, 3.63) is 30.1 Å². The van der Waals surface area contributed by atoms with Crippen LogP contribution in [-0.2, 0) is 11.2 Å². The summed E-state index contributed by atoms with van der Waals surface area (Å²) >= 11 is 0. The van der Waals surface area contributed by atoms with E-state index in [4.69, 9.17) is 5.11 Å². The molecule has 0 aromatic carbocycles. The first-order valence-electron chi connectivity index (χ1n) is 5.05. The van der Waals surface area contributed by atoms with Crippen LogP contribution >= 0.6 is 0 Å². The summed E-state index contributed by atoms with van der Waals surface area (Å²) in [5, 5.41) is 11.7. The number of aliphatic hydroxyl groups excluding tert-OH is 1. The van der Waals surface area contributed by atoms with Gasteiger partial charge in [0.05, 0.1) is 19.1 Å². The molecule has 0 aliphatic heterocycles. The van der Waals surface area contributed by atoms with Crippen LogP contribution in [0.1, 0.15) is 18.9 Å². The molecular weight excluding hydrogens is 192 g/mol. The van der Waals surface area contributed by atoms with E-state index in [1.54, 1.807) is 24.5 Å². The summed E-state index contributed by atoms with van der Waals surface area (Å²) in [5.41, 5.74) is 0.926. The standard InChI is InChI=1S/C11H16N2O2/c1-2-10(8-14)13-11(15)7-9-3-5-12-6-4-9/h3-6,10,14H,2,7-8H2,1H3,(H,13,15)/t10-/m0/s1. The third-order valence-electron chi connectivity index (χ3n) is 2.19. The molecule has 0 saturated carbocycles. The van der Waals surface area contributed by atoms with Crippen LogP contribution in [0, 0.1) is 0 Å². The number of amides is 1. The Labute approximate surface area is 89.3 Å². The van der Waals surface area contributed by atoms with E-state index in [2.05, 4.69) is 10.3 Å². The van der Waals surface area contributed by atoms with Crippen LogP contribution in [0.3, 0.4) is 0 Å². The van der Waals surface area contributed by atoms with Gasteiger partial charge in [-0.1, -0.05) is 6.92 Å². The number of hydrogen-bond acceptors (Lipinski definition) is 3. The molecule has 2 N–H and O–H groups in total. The Morgan fingerprint density at radius 3 is 2.73 bits per heavy atom. The summed E-state index contributed by atoms with van der Waals surface area (Å²) < 4.78 is 0. The lowest BCUT2D eigenvalue weighted by Gasteiger charge is -2.13. The minimum absolute atomic E-state index is 0.0153. The Morgan fingerprint density at radius 2 is 2.20 bits per heavy atom. The van der Waals surface area contributed by atoms with Crippen LogP contribution < -0.4 is 5.32 Å². The van der Waals surface area contributed by atoms with Gasteiger partial charge < -0.3 is 10.4 Å². The predicted molar refractivity (Wildman–Crippen MR) is 57.2 cm³/mol. The molecule has 0 spiro atoms. The molecule has 4 nitrogen and oxygen atoms in total. The highest BCUT2D eigenvalue weighted by atomic mass is 16.3. The molecule has 1 atom stereocenters. The first-order chi connectivity index (χ1) is 7.26. The molecule has 0 aliphatic carbocycles. The maximum absolute atomic E-state index is 11.5. The van der Waals surface area contributed by atoms with Crippen molar-refractivity contribution >= 4 is 5.91 Å². The summed E-state index contributed by atoms with van der Waals surface area (Å²) in [6.07, 6.45) is 4.38. The fraction of sp³-hybridized carbons (Fsp3) is 0.455. The minimum atomic E-state index is -0.140. The molecular formula is C11H16N2O2. The van der Waals surface area contributed by atoms with Gasteiger partial charge in [-0.2, -0.15) is 0 Å². The number of nitrogens with one attached hydrogen (secondary N) is 1. The number of hydrogen-bond donors (Lipinski definition) is 2. The van der Waals surface area contributed by atoms with Gasteiger partial charge in [0.25, 0.3) is 0 Å². The maximum atomic E-state index is 11.5. The predicted octanol–water partition coefficient (Wildman–Crippen LogP) is 0.511. The van der Waals surface area contributed by atoms with Crippen molar-refractivity contribution in [2.45, 2.75) is 25.8 Å². The Balaban J connectivity index is 2.43. The second-order valence-electron chi connectivity index (χ2n) is 3.39. The molecule has 0 saturated heterocycles. The van der Waals surface area contributed by atoms with Gasteiger partial charge in [0, 0.05) is 12.4 Å². The lowest BCUT2D eigenvalue weighted by molar-refractivity contribution is -0.121. The first-order valence-corrected chi connectivity index (χ1v) is 5.05. The zero-order valence-corrected chi connectivity index (χ0v) is 8.81. The Bertz CT molecular complexity index is 297. The Kier molecular flexibility index (Phi) is 4.77. The van der Waals surface area contributed by atoms with E-state index >= 15 is 0 Å². The molecule has 1 rings (SSSR count). The average Bonchev–Trinajstić information content (AvgIpc) is 2.27. The monoisotopic (exact) mass is 208 g/mol. The van der Waals surface area contributed by atoms with Crippen LogP contribution in [-0.4, -0.2) is 28.6 Å². The fourth-order valence-electron chi connectivity index (χ4n) is 1.24. The van der Waals surface area contributed by atoms with Gasteiger partial charge in [0.15, 0.2) is 0 Å². The van der Waals surface area contributed by atoms with E-state index in [1.807, 2.05) is 6.92 Å². The Hall–Kier alpha value is -1.42. The Morgan fingerprint density at radius 1 is 1.53 bits per heavy atom. The van der Waals surface area contributed by atoms with Crippen molar-refractivity contribution in [2.24, 2.45) is 0 Å². The molecule has 1 heterocycles. The number of pyridine rings is 1. The summed E-state index contributed by atoms with van der Waals surface area (Å²) in [5.74, 6) is -0.0675. The summed E-state index contributed by atoms with van der Waals surface area (Å²) in [6, 6.07) is 3.47. The molecule has 1 amide bonds. The lowest BCUT2D eigenvalue weighted by Crippen LogP contribution is -2.37. The van der Waals surface area contributed by atoms with E-state index < -0.39 is 0 Å². The lowest BCUT2D eigenvalue weighted by atomic mass is 10.1. The smallest absolute Gasteiger partial charge is 0.224 e. The highest BCUT2D eigenvalue weighted by molar-refractivity contribution is 5.78. The highest BCUT2D eigenvalue weighted by Gasteiger charge is 2.09. The van der Waals surface area contributed by atoms with Crippen molar-refractivity contribution in [1.29, 1.82) is 0 Å². The molecule has 0 radical (unpaired) electrons. The van der Waals surface area contributed by atoms with Crippen LogP contribution in [0.2, 0.25) is 0 Å². The molecule has 0 aliphatic rings. The van der Waals surface area contributed by atoms with Crippen LogP contribution in [0.5, 0.6) is 0 Å². The van der Waals surface area contributed by atoms with E-state index in [0.717, 1.165) is 12.0 Å². The van der Waals surface area contributed by atoms with Gasteiger partial charge in [-0.15, -0.1) is 0 Å². The largest absolute Gasteiger partial charge is 0.394 e. The fourth-order valence-corrected chi connectivity index (χ4v) is 1.24. The van der Waals surface area contributed by atoms with Crippen LogP contribution in [0.25, 0.3) is 0 Å². The molecule has 4 heteroatoms. The number of nitrogens with zero attached hydrogens (tertiary/aromatic N) is 1. The van der Waals surface area contributed by atoms with Crippen molar-refractivity contribution in [1.82, 2.24) is 10.3 Å². The maximum Gasteiger partial charge on any atom is 0.224 e. The minimum Gasteiger partial charge on any atom is -0.394 e. The average molecular weight is 208 g/mol. The van der Waals surface area contributed by atoms with Crippen LogP contribution in [0.15, 0.2) is 24.5 Å². The molecule has 0 fully saturated rings. The van der Waals surface area contributed by atoms with Crippen molar-refractivity contribution in [3.8, 4) is 0 Å². The zero-order chi connectivity index (χ0) is 11.1. The van der Waals surface area contributed by atoms with E-state index in [-0.39, 0.29) is 18.6 Å². The summed E-state index contributed by atoms with van der Waals surface area (Å²) in [7, 11) is 0. The van der Waals surface area contributed by atoms with E-state index in [9.17, 15) is 4.79 Å². The summed E-state index contributed by atoms with van der Waals surface area (Å²) in [4.78, 5) is 15.4. The third-order valence-corrected chi connectivity index (χ3v) is 2.19. The number of aromatic nitrogens is 1. The highest BCUT2D eigenvalue weighted by Crippen LogP contribution is 1.98. The number of carbonyl (C=O) groups excluding carboxylic acids is 1. The van der Waals surface area contributed by atoms with Gasteiger partial charge >= 0.3 is 0 Å². The number of aliphatic hydroxyl groups is 1. The van der Waals surface area contributed by atoms with E-state index in [0.29, 0.717) is 6.42 Å². The topological polar surface area (TPSA) is 62.2 Å². The third kappa shape index (κ3) is 4.08. The zero-order valence-electron chi connectivity index (χ0n) is 8.81. The van der Waals surface area contributed by atoms with Gasteiger partial charge in [-0.05, 0) is 24.1 Å². The molecule has 82 valence electrons. The molecule has 0 unspecified atom stereocenters. The van der Waals surface area contributed by atoms with Gasteiger partial charge in [0.2, 0.25) is 5.91 Å². The second kappa shape index (κ2) is 6.14.